The summed E-state index contributed by atoms with van der Waals surface area (Å²) >= 11 is 0. The fraction of sp³-hybridized carbons (Fsp3) is 0.750. The van der Waals surface area contributed by atoms with Gasteiger partial charge in [0.1, 0.15) is 5.82 Å². The molecule has 1 heterocycles. The Morgan fingerprint density at radius 1 is 1.47 bits per heavy atom. The molecular formula is C8H16N4O2S. The molecule has 0 atom stereocenters. The summed E-state index contributed by atoms with van der Waals surface area (Å²) in [5.41, 5.74) is 0. The summed E-state index contributed by atoms with van der Waals surface area (Å²) in [5.74, 6) is 1.30. The lowest BCUT2D eigenvalue weighted by Crippen LogP contribution is -2.26. The average Bonchev–Trinajstić information content (AvgIpc) is 2.59. The molecular weight excluding hydrogens is 216 g/mol. The number of rotatable bonds is 6. The maximum Gasteiger partial charge on any atom is 0.212 e. The van der Waals surface area contributed by atoms with E-state index in [1.165, 1.54) is 0 Å². The number of H-pyrrole nitrogens is 1. The van der Waals surface area contributed by atoms with E-state index >= 15 is 0 Å². The van der Waals surface area contributed by atoms with Gasteiger partial charge in [-0.2, -0.15) is 5.10 Å². The molecule has 0 saturated carbocycles. The molecule has 1 aromatic rings. The van der Waals surface area contributed by atoms with Crippen molar-refractivity contribution in [2.45, 2.75) is 33.2 Å². The van der Waals surface area contributed by atoms with E-state index in [0.29, 0.717) is 18.1 Å². The minimum atomic E-state index is -3.18. The summed E-state index contributed by atoms with van der Waals surface area (Å²) in [6.45, 7) is 3.87. The zero-order valence-electron chi connectivity index (χ0n) is 8.95. The molecule has 0 aliphatic carbocycles. The third-order valence-corrected chi connectivity index (χ3v) is 3.27. The Bertz CT molecular complexity index is 399. The van der Waals surface area contributed by atoms with Crippen LogP contribution in [0.3, 0.4) is 0 Å². The van der Waals surface area contributed by atoms with Crippen LogP contribution in [0.2, 0.25) is 0 Å². The molecule has 2 N–H and O–H groups in total. The maximum absolute atomic E-state index is 11.4. The van der Waals surface area contributed by atoms with Crippen LogP contribution in [0.5, 0.6) is 0 Å². The van der Waals surface area contributed by atoms with Crippen molar-refractivity contribution in [2.24, 2.45) is 0 Å². The lowest BCUT2D eigenvalue weighted by Gasteiger charge is -2.02. The molecule has 0 spiro atoms. The number of hydrogen-bond donors (Lipinski definition) is 2. The molecule has 0 unspecified atom stereocenters. The predicted octanol–water partition coefficient (Wildman–Crippen LogP) is 0.333. The number of hydrogen-bond acceptors (Lipinski definition) is 4. The summed E-state index contributed by atoms with van der Waals surface area (Å²) in [5, 5.41) is 6.49. The van der Waals surface area contributed by atoms with Crippen molar-refractivity contribution in [3.8, 4) is 0 Å². The third-order valence-electron chi connectivity index (χ3n) is 1.86. The highest BCUT2D eigenvalue weighted by atomic mass is 32.2. The highest BCUT2D eigenvalue weighted by Gasteiger charge is 2.10. The zero-order valence-corrected chi connectivity index (χ0v) is 9.76. The van der Waals surface area contributed by atoms with Crippen LogP contribution < -0.4 is 4.72 Å². The van der Waals surface area contributed by atoms with Gasteiger partial charge in [-0.25, -0.2) is 18.1 Å². The molecule has 6 nitrogen and oxygen atoms in total. The van der Waals surface area contributed by atoms with E-state index in [0.717, 1.165) is 6.42 Å². The van der Waals surface area contributed by atoms with Crippen LogP contribution in [0, 0.1) is 6.92 Å². The van der Waals surface area contributed by atoms with Crippen molar-refractivity contribution in [3.63, 3.8) is 0 Å². The number of nitrogens with zero attached hydrogens (tertiary/aromatic N) is 2. The molecule has 0 bridgehead atoms. The first-order valence-electron chi connectivity index (χ1n) is 4.88. The minimum Gasteiger partial charge on any atom is -0.263 e. The summed E-state index contributed by atoms with van der Waals surface area (Å²) in [6.07, 6.45) is 1.53. The third kappa shape index (κ3) is 4.39. The highest BCUT2D eigenvalue weighted by molar-refractivity contribution is 7.89. The zero-order chi connectivity index (χ0) is 11.3. The number of aromatic amines is 1. The lowest BCUT2D eigenvalue weighted by atomic mass is 10.4. The first kappa shape index (κ1) is 12.1. The van der Waals surface area contributed by atoms with E-state index < -0.39 is 10.0 Å². The molecule has 86 valence electrons. The molecule has 0 aliphatic rings. The van der Waals surface area contributed by atoms with Gasteiger partial charge >= 0.3 is 0 Å². The summed E-state index contributed by atoms with van der Waals surface area (Å²) < 4.78 is 25.2. The summed E-state index contributed by atoms with van der Waals surface area (Å²) in [6, 6.07) is 0. The van der Waals surface area contributed by atoms with Gasteiger partial charge in [0.25, 0.3) is 0 Å². The van der Waals surface area contributed by atoms with Crippen LogP contribution in [0.15, 0.2) is 0 Å². The Kier molecular flexibility index (Phi) is 4.22. The van der Waals surface area contributed by atoms with Crippen LogP contribution in [0.1, 0.15) is 31.4 Å². The molecule has 0 fully saturated rings. The quantitative estimate of drug-likeness (QED) is 0.740. The number of unbranched alkanes of at least 4 members (excludes halogenated alkanes) is 1. The minimum absolute atomic E-state index is 0.149. The van der Waals surface area contributed by atoms with Crippen LogP contribution in [-0.4, -0.2) is 29.4 Å². The first-order valence-corrected chi connectivity index (χ1v) is 6.54. The Morgan fingerprint density at radius 3 is 2.73 bits per heavy atom. The number of sulfonamides is 1. The number of nitrogens with one attached hydrogen (secondary N) is 2. The van der Waals surface area contributed by atoms with Gasteiger partial charge in [-0.3, -0.25) is 5.10 Å². The standard InChI is InChI=1S/C8H16N4O2S/c1-3-4-5-15(13,14)9-6-8-10-7(2)11-12-8/h9H,3-6H2,1-2H3,(H,10,11,12). The molecule has 1 rings (SSSR count). The van der Waals surface area contributed by atoms with Gasteiger partial charge in [-0.05, 0) is 13.3 Å². The summed E-state index contributed by atoms with van der Waals surface area (Å²) in [4.78, 5) is 4.00. The predicted molar refractivity (Wildman–Crippen MR) is 56.7 cm³/mol. The van der Waals surface area contributed by atoms with Crippen molar-refractivity contribution < 1.29 is 8.42 Å². The van der Waals surface area contributed by atoms with E-state index in [2.05, 4.69) is 19.9 Å². The van der Waals surface area contributed by atoms with Crippen LogP contribution in [-0.2, 0) is 16.6 Å². The molecule has 15 heavy (non-hydrogen) atoms. The van der Waals surface area contributed by atoms with Crippen LogP contribution >= 0.6 is 0 Å². The van der Waals surface area contributed by atoms with Crippen molar-refractivity contribution in [1.82, 2.24) is 19.9 Å². The molecule has 0 aromatic carbocycles. The van der Waals surface area contributed by atoms with E-state index in [1.54, 1.807) is 6.92 Å². The monoisotopic (exact) mass is 232 g/mol. The SMILES string of the molecule is CCCCS(=O)(=O)NCc1n[nH]c(C)n1. The highest BCUT2D eigenvalue weighted by Crippen LogP contribution is 1.96. The first-order chi connectivity index (χ1) is 7.03. The molecule has 0 aliphatic heterocycles. The largest absolute Gasteiger partial charge is 0.263 e. The molecule has 1 aromatic heterocycles. The van der Waals surface area contributed by atoms with E-state index in [1.807, 2.05) is 6.92 Å². The van der Waals surface area contributed by atoms with Crippen molar-refractivity contribution >= 4 is 10.0 Å². The second-order valence-electron chi connectivity index (χ2n) is 3.33. The van der Waals surface area contributed by atoms with Gasteiger partial charge in [-0.1, -0.05) is 13.3 Å². The van der Waals surface area contributed by atoms with Crippen molar-refractivity contribution in [2.75, 3.05) is 5.75 Å². The van der Waals surface area contributed by atoms with Gasteiger partial charge in [0.05, 0.1) is 12.3 Å². The van der Waals surface area contributed by atoms with Gasteiger partial charge in [0.15, 0.2) is 5.82 Å². The molecule has 7 heteroatoms. The second-order valence-corrected chi connectivity index (χ2v) is 5.26. The van der Waals surface area contributed by atoms with Crippen LogP contribution in [0.25, 0.3) is 0 Å². The number of aryl methyl sites for hydroxylation is 1. The van der Waals surface area contributed by atoms with Crippen molar-refractivity contribution in [1.29, 1.82) is 0 Å². The Labute approximate surface area is 89.5 Å². The Hall–Kier alpha value is -0.950. The van der Waals surface area contributed by atoms with E-state index in [9.17, 15) is 8.42 Å². The molecule has 0 radical (unpaired) electrons. The van der Waals surface area contributed by atoms with Crippen LogP contribution in [0.4, 0.5) is 0 Å². The topological polar surface area (TPSA) is 87.7 Å². The average molecular weight is 232 g/mol. The second kappa shape index (κ2) is 5.22. The maximum atomic E-state index is 11.4. The fourth-order valence-electron chi connectivity index (χ4n) is 1.05. The van der Waals surface area contributed by atoms with Gasteiger partial charge in [-0.15, -0.1) is 0 Å². The molecule has 0 amide bonds. The van der Waals surface area contributed by atoms with E-state index in [-0.39, 0.29) is 12.3 Å². The normalized spacial score (nSPS) is 11.9. The lowest BCUT2D eigenvalue weighted by molar-refractivity contribution is 0.576. The Morgan fingerprint density at radius 2 is 2.20 bits per heavy atom. The summed E-state index contributed by atoms with van der Waals surface area (Å²) in [7, 11) is -3.18. The van der Waals surface area contributed by atoms with Gasteiger partial charge in [0, 0.05) is 0 Å². The van der Waals surface area contributed by atoms with Gasteiger partial charge in [0.2, 0.25) is 10.0 Å². The van der Waals surface area contributed by atoms with Gasteiger partial charge < -0.3 is 0 Å². The smallest absolute Gasteiger partial charge is 0.212 e. The van der Waals surface area contributed by atoms with Crippen molar-refractivity contribution in [3.05, 3.63) is 11.6 Å². The molecule has 0 saturated heterocycles. The number of aromatic nitrogens is 3. The Balaban J connectivity index is 2.42. The van der Waals surface area contributed by atoms with E-state index in [4.69, 9.17) is 0 Å². The fourth-order valence-corrected chi connectivity index (χ4v) is 2.21.